The smallest absolute Gasteiger partial charge is 0.245 e. The van der Waals surface area contributed by atoms with Crippen LogP contribution in [-0.4, -0.2) is 10.1 Å². The molecule has 0 saturated carbocycles. The fraction of sp³-hybridized carbons (Fsp3) is 0. The van der Waals surface area contributed by atoms with Gasteiger partial charge in [0, 0.05) is 38.1 Å². The second-order valence-corrected chi connectivity index (χ2v) is 0. The maximum atomic E-state index is 8.28. The molecule has 0 atom stereocenters. The molecule has 0 unspecified atom stereocenters. The Kier molecular flexibility index (Phi) is 138. The monoisotopic (exact) mass is 297 g/mol. The molecule has 0 rings (SSSR count). The number of hydrogen-bond acceptors (Lipinski definition) is 1. The topological polar surface area (TPSA) is 17.1 Å². The van der Waals surface area contributed by atoms with Gasteiger partial charge in [0.05, 0.1) is 0 Å². The SMILES string of the molecule is O=[SiH2].[Fe].[Pt]. The Balaban J connectivity index is -0.00000000500. The van der Waals surface area contributed by atoms with Gasteiger partial charge in [0.1, 0.15) is 0 Å². The molecule has 0 heterocycles. The summed E-state index contributed by atoms with van der Waals surface area (Å²) in [5.41, 5.74) is 0. The summed E-state index contributed by atoms with van der Waals surface area (Å²) in [6, 6.07) is 0. The fourth-order valence-electron chi connectivity index (χ4n) is 0. The summed E-state index contributed by atoms with van der Waals surface area (Å²) in [6.45, 7) is 0. The summed E-state index contributed by atoms with van der Waals surface area (Å²) in [7, 11) is 0.611. The molecule has 1 nitrogen and oxygen atoms in total. The van der Waals surface area contributed by atoms with E-state index in [0.717, 1.165) is 0 Å². The molecule has 0 aliphatic rings. The molecule has 4 heavy (non-hydrogen) atoms. The van der Waals surface area contributed by atoms with Gasteiger partial charge in [-0.15, -0.1) is 0 Å². The third-order valence-electron chi connectivity index (χ3n) is 0. The molecule has 0 aromatic heterocycles. The van der Waals surface area contributed by atoms with Crippen LogP contribution in [-0.2, 0) is 42.6 Å². The van der Waals surface area contributed by atoms with Crippen molar-refractivity contribution in [1.82, 2.24) is 0 Å². The molecule has 0 aliphatic carbocycles. The van der Waals surface area contributed by atoms with Crippen LogP contribution >= 0.6 is 0 Å². The first-order valence-corrected chi connectivity index (χ1v) is 0.866. The molecule has 0 amide bonds. The van der Waals surface area contributed by atoms with Crippen molar-refractivity contribution in [1.29, 1.82) is 0 Å². The van der Waals surface area contributed by atoms with Crippen molar-refractivity contribution in [2.75, 3.05) is 0 Å². The molecule has 0 saturated heterocycles. The van der Waals surface area contributed by atoms with Crippen molar-refractivity contribution in [2.45, 2.75) is 0 Å². The van der Waals surface area contributed by atoms with E-state index in [-0.39, 0.29) is 38.1 Å². The second-order valence-electron chi connectivity index (χ2n) is 0. The predicted octanol–water partition coefficient (Wildman–Crippen LogP) is -1.04. The zero-order valence-corrected chi connectivity index (χ0v) is 6.58. The van der Waals surface area contributed by atoms with Crippen LogP contribution in [0.1, 0.15) is 0 Å². The Bertz CT molecular complexity index is 8.00. The zero-order valence-electron chi connectivity index (χ0n) is 1.79. The van der Waals surface area contributed by atoms with E-state index in [1.54, 1.807) is 0 Å². The molecule has 0 aromatic carbocycles. The molecular weight excluding hydrogens is 295 g/mol. The van der Waals surface area contributed by atoms with E-state index in [1.165, 1.54) is 0 Å². The van der Waals surface area contributed by atoms with Crippen molar-refractivity contribution < 1.29 is 42.6 Å². The van der Waals surface area contributed by atoms with Crippen LogP contribution in [0.3, 0.4) is 0 Å². The average Bonchev–Trinajstić information content (AvgIpc) is 1.00. The number of hydrogen-bond donors (Lipinski definition) is 0. The van der Waals surface area contributed by atoms with Gasteiger partial charge in [0.2, 0.25) is 10.1 Å². The molecule has 0 radical (unpaired) electrons. The molecular formula is H2FeOPtSi. The van der Waals surface area contributed by atoms with Gasteiger partial charge >= 0.3 is 0 Å². The normalized spacial score (nSPS) is 1.00. The minimum absolute atomic E-state index is 0. The van der Waals surface area contributed by atoms with Crippen molar-refractivity contribution in [3.05, 3.63) is 0 Å². The summed E-state index contributed by atoms with van der Waals surface area (Å²) in [6.07, 6.45) is 0. The van der Waals surface area contributed by atoms with Gasteiger partial charge < -0.3 is 4.46 Å². The van der Waals surface area contributed by atoms with Crippen LogP contribution in [0.15, 0.2) is 0 Å². The Morgan fingerprint density at radius 2 is 1.25 bits per heavy atom. The maximum Gasteiger partial charge on any atom is 0.245 e. The van der Waals surface area contributed by atoms with Crippen molar-refractivity contribution in [2.24, 2.45) is 0 Å². The minimum atomic E-state index is 0. The molecule has 0 N–H and O–H groups in total. The van der Waals surface area contributed by atoms with E-state index in [1.807, 2.05) is 0 Å². The summed E-state index contributed by atoms with van der Waals surface area (Å²) in [5, 5.41) is 0. The van der Waals surface area contributed by atoms with Gasteiger partial charge in [-0.25, -0.2) is 0 Å². The third kappa shape index (κ3) is 10.6. The van der Waals surface area contributed by atoms with E-state index >= 15 is 0 Å². The Morgan fingerprint density at radius 3 is 1.25 bits per heavy atom. The Morgan fingerprint density at radius 1 is 1.25 bits per heavy atom. The first-order chi connectivity index (χ1) is 1.00. The standard InChI is InChI=1S/Fe.H2OSi.Pt/c;1-2;/h;2H2;. The quantitative estimate of drug-likeness (QED) is 0.522. The van der Waals surface area contributed by atoms with E-state index in [0.29, 0.717) is 10.1 Å². The second kappa shape index (κ2) is 29.3. The predicted molar refractivity (Wildman–Crippen MR) is 9.23 cm³/mol. The minimum Gasteiger partial charge on any atom is -0.396 e. The van der Waals surface area contributed by atoms with Gasteiger partial charge in [0.25, 0.3) is 0 Å². The third-order valence-corrected chi connectivity index (χ3v) is 0. The molecule has 30 valence electrons. The van der Waals surface area contributed by atoms with Crippen molar-refractivity contribution >= 4 is 10.1 Å². The first-order valence-electron chi connectivity index (χ1n) is 0.289. The summed E-state index contributed by atoms with van der Waals surface area (Å²) < 4.78 is 8.28. The first kappa shape index (κ1) is 18.8. The van der Waals surface area contributed by atoms with E-state index in [9.17, 15) is 0 Å². The van der Waals surface area contributed by atoms with Crippen LogP contribution in [0.2, 0.25) is 0 Å². The molecule has 4 heteroatoms. The van der Waals surface area contributed by atoms with E-state index in [2.05, 4.69) is 0 Å². The van der Waals surface area contributed by atoms with Crippen LogP contribution < -0.4 is 0 Å². The fourth-order valence-corrected chi connectivity index (χ4v) is 0. The maximum absolute atomic E-state index is 8.28. The largest absolute Gasteiger partial charge is 0.396 e. The molecule has 0 aromatic rings. The van der Waals surface area contributed by atoms with Gasteiger partial charge in [-0.2, -0.15) is 0 Å². The summed E-state index contributed by atoms with van der Waals surface area (Å²) in [4.78, 5) is 0. The van der Waals surface area contributed by atoms with Crippen LogP contribution in [0.25, 0.3) is 0 Å². The van der Waals surface area contributed by atoms with Gasteiger partial charge in [-0.1, -0.05) is 0 Å². The summed E-state index contributed by atoms with van der Waals surface area (Å²) in [5.74, 6) is 0. The van der Waals surface area contributed by atoms with Gasteiger partial charge in [-0.05, 0) is 0 Å². The molecule has 0 bridgehead atoms. The molecule has 0 spiro atoms. The van der Waals surface area contributed by atoms with Gasteiger partial charge in [0.15, 0.2) is 0 Å². The van der Waals surface area contributed by atoms with E-state index in [4.69, 9.17) is 4.46 Å². The summed E-state index contributed by atoms with van der Waals surface area (Å²) >= 11 is 0. The molecule has 0 aliphatic heterocycles. The average molecular weight is 297 g/mol. The van der Waals surface area contributed by atoms with Crippen LogP contribution in [0.5, 0.6) is 0 Å². The van der Waals surface area contributed by atoms with Crippen molar-refractivity contribution in [3.8, 4) is 0 Å². The van der Waals surface area contributed by atoms with Crippen LogP contribution in [0, 0.1) is 0 Å². The van der Waals surface area contributed by atoms with Crippen molar-refractivity contribution in [3.63, 3.8) is 0 Å². The van der Waals surface area contributed by atoms with E-state index < -0.39 is 0 Å². The number of rotatable bonds is 0. The van der Waals surface area contributed by atoms with Gasteiger partial charge in [-0.3, -0.25) is 0 Å². The molecule has 0 fully saturated rings. The zero-order chi connectivity index (χ0) is 2.00. The Hall–Kier alpha value is 1.22. The van der Waals surface area contributed by atoms with Crippen LogP contribution in [0.4, 0.5) is 0 Å². The Labute approximate surface area is 52.8 Å².